The fraction of sp³-hybridized carbons (Fsp3) is 0.889. The van der Waals surface area contributed by atoms with E-state index in [9.17, 15) is 4.79 Å². The summed E-state index contributed by atoms with van der Waals surface area (Å²) in [4.78, 5) is 18.6. The van der Waals surface area contributed by atoms with E-state index in [2.05, 4.69) is 50.2 Å². The number of carbonyl (C=O) groups is 1. The molecule has 0 saturated carbocycles. The molecule has 0 bridgehead atoms. The van der Waals surface area contributed by atoms with E-state index in [0.717, 1.165) is 44.9 Å². The monoisotopic (exact) mass is 324 g/mol. The molecule has 1 rings (SSSR count). The maximum Gasteiger partial charge on any atom is 0.224 e. The molecule has 23 heavy (non-hydrogen) atoms. The zero-order valence-electron chi connectivity index (χ0n) is 15.7. The van der Waals surface area contributed by atoms with Crippen molar-refractivity contribution in [2.75, 3.05) is 26.2 Å². The fourth-order valence-electron chi connectivity index (χ4n) is 2.66. The van der Waals surface area contributed by atoms with E-state index in [1.807, 2.05) is 4.90 Å². The standard InChI is InChI=1S/C18H36N4O/c1-6-19-17(21-15(2)9-11-18(3,4)5)20-12-10-16(23)22-13-7-8-14-22/h15H,6-14H2,1-5H3,(H2,19,20,21). The van der Waals surface area contributed by atoms with Crippen molar-refractivity contribution < 1.29 is 4.79 Å². The third-order valence-electron chi connectivity index (χ3n) is 4.11. The average Bonchev–Trinajstić information content (AvgIpc) is 2.98. The first-order valence-corrected chi connectivity index (χ1v) is 9.14. The van der Waals surface area contributed by atoms with E-state index < -0.39 is 0 Å². The largest absolute Gasteiger partial charge is 0.357 e. The zero-order valence-corrected chi connectivity index (χ0v) is 15.7. The van der Waals surface area contributed by atoms with Crippen molar-refractivity contribution in [1.29, 1.82) is 0 Å². The zero-order chi connectivity index (χ0) is 17.3. The summed E-state index contributed by atoms with van der Waals surface area (Å²) in [7, 11) is 0. The molecule has 0 aliphatic carbocycles. The van der Waals surface area contributed by atoms with Gasteiger partial charge >= 0.3 is 0 Å². The van der Waals surface area contributed by atoms with Crippen molar-refractivity contribution in [1.82, 2.24) is 15.5 Å². The Morgan fingerprint density at radius 2 is 1.91 bits per heavy atom. The van der Waals surface area contributed by atoms with Crippen LogP contribution < -0.4 is 10.6 Å². The van der Waals surface area contributed by atoms with E-state index in [0.29, 0.717) is 24.4 Å². The minimum Gasteiger partial charge on any atom is -0.357 e. The Morgan fingerprint density at radius 3 is 2.48 bits per heavy atom. The van der Waals surface area contributed by atoms with Crippen LogP contribution in [0.15, 0.2) is 4.99 Å². The van der Waals surface area contributed by atoms with Crippen LogP contribution in [-0.2, 0) is 4.79 Å². The lowest BCUT2D eigenvalue weighted by molar-refractivity contribution is -0.129. The Bertz CT molecular complexity index is 381. The summed E-state index contributed by atoms with van der Waals surface area (Å²) in [6, 6.07) is 0.376. The Balaban J connectivity index is 2.38. The van der Waals surface area contributed by atoms with Gasteiger partial charge in [0.05, 0.1) is 6.54 Å². The highest BCUT2D eigenvalue weighted by Gasteiger charge is 2.17. The Morgan fingerprint density at radius 1 is 1.26 bits per heavy atom. The van der Waals surface area contributed by atoms with Crippen molar-refractivity contribution in [2.24, 2.45) is 10.4 Å². The summed E-state index contributed by atoms with van der Waals surface area (Å²) in [5, 5.41) is 6.72. The Kier molecular flexibility index (Phi) is 8.42. The molecule has 1 unspecified atom stereocenters. The molecule has 2 N–H and O–H groups in total. The Hall–Kier alpha value is -1.26. The molecule has 1 fully saturated rings. The highest BCUT2D eigenvalue weighted by Crippen LogP contribution is 2.21. The molecule has 1 aliphatic rings. The summed E-state index contributed by atoms with van der Waals surface area (Å²) < 4.78 is 0. The number of nitrogens with one attached hydrogen (secondary N) is 2. The second-order valence-electron chi connectivity index (χ2n) is 7.74. The van der Waals surface area contributed by atoms with Crippen molar-refractivity contribution in [3.05, 3.63) is 0 Å². The van der Waals surface area contributed by atoms with Crippen LogP contribution in [0.4, 0.5) is 0 Å². The van der Waals surface area contributed by atoms with Gasteiger partial charge in [0, 0.05) is 32.1 Å². The van der Waals surface area contributed by atoms with E-state index in [4.69, 9.17) is 0 Å². The van der Waals surface area contributed by atoms with Gasteiger partial charge in [-0.05, 0) is 44.9 Å². The topological polar surface area (TPSA) is 56.7 Å². The molecule has 0 radical (unpaired) electrons. The number of rotatable bonds is 7. The number of guanidine groups is 1. The number of amides is 1. The molecule has 0 aromatic rings. The first kappa shape index (κ1) is 19.8. The van der Waals surface area contributed by atoms with Crippen LogP contribution in [0, 0.1) is 5.41 Å². The fourth-order valence-corrected chi connectivity index (χ4v) is 2.66. The third kappa shape index (κ3) is 8.82. The van der Waals surface area contributed by atoms with Crippen LogP contribution in [0.3, 0.4) is 0 Å². The highest BCUT2D eigenvalue weighted by atomic mass is 16.2. The van der Waals surface area contributed by atoms with E-state index in [1.54, 1.807) is 0 Å². The molecule has 0 aromatic carbocycles. The predicted molar refractivity (Wildman–Crippen MR) is 97.7 cm³/mol. The van der Waals surface area contributed by atoms with Gasteiger partial charge in [-0.15, -0.1) is 0 Å². The molecule has 0 spiro atoms. The minimum atomic E-state index is 0.239. The summed E-state index contributed by atoms with van der Waals surface area (Å²) in [5.74, 6) is 1.06. The first-order chi connectivity index (χ1) is 10.8. The van der Waals surface area contributed by atoms with Crippen molar-refractivity contribution >= 4 is 11.9 Å². The van der Waals surface area contributed by atoms with Crippen LogP contribution in [0.2, 0.25) is 0 Å². The number of carbonyl (C=O) groups excluding carboxylic acids is 1. The van der Waals surface area contributed by atoms with Gasteiger partial charge in [-0.1, -0.05) is 20.8 Å². The second-order valence-corrected chi connectivity index (χ2v) is 7.74. The van der Waals surface area contributed by atoms with Gasteiger partial charge in [-0.3, -0.25) is 9.79 Å². The first-order valence-electron chi connectivity index (χ1n) is 9.14. The number of aliphatic imine (C=N–C) groups is 1. The quantitative estimate of drug-likeness (QED) is 0.559. The van der Waals surface area contributed by atoms with E-state index in [1.165, 1.54) is 6.42 Å². The molecular weight excluding hydrogens is 288 g/mol. The molecular formula is C18H36N4O. The van der Waals surface area contributed by atoms with Crippen molar-refractivity contribution in [2.45, 2.75) is 72.8 Å². The number of nitrogens with zero attached hydrogens (tertiary/aromatic N) is 2. The molecule has 1 amide bonds. The molecule has 1 saturated heterocycles. The minimum absolute atomic E-state index is 0.239. The smallest absolute Gasteiger partial charge is 0.224 e. The van der Waals surface area contributed by atoms with Crippen LogP contribution in [0.1, 0.15) is 66.7 Å². The lowest BCUT2D eigenvalue weighted by Gasteiger charge is -2.23. The van der Waals surface area contributed by atoms with E-state index in [-0.39, 0.29) is 5.91 Å². The third-order valence-corrected chi connectivity index (χ3v) is 4.11. The molecule has 5 nitrogen and oxygen atoms in total. The molecule has 1 heterocycles. The van der Waals surface area contributed by atoms with Gasteiger partial charge in [0.1, 0.15) is 0 Å². The van der Waals surface area contributed by atoms with Gasteiger partial charge in [0.15, 0.2) is 5.96 Å². The summed E-state index contributed by atoms with van der Waals surface area (Å²) in [5.41, 5.74) is 0.355. The molecule has 5 heteroatoms. The van der Waals surface area contributed by atoms with Gasteiger partial charge in [-0.25, -0.2) is 0 Å². The normalized spacial score (nSPS) is 17.3. The molecule has 0 aromatic heterocycles. The maximum absolute atomic E-state index is 12.0. The van der Waals surface area contributed by atoms with Crippen LogP contribution >= 0.6 is 0 Å². The number of likely N-dealkylation sites (tertiary alicyclic amines) is 1. The van der Waals surface area contributed by atoms with Crippen molar-refractivity contribution in [3.63, 3.8) is 0 Å². The average molecular weight is 325 g/mol. The molecule has 1 atom stereocenters. The van der Waals surface area contributed by atoms with Crippen LogP contribution in [-0.4, -0.2) is 49.0 Å². The summed E-state index contributed by atoms with van der Waals surface area (Å²) in [6.07, 6.45) is 5.08. The van der Waals surface area contributed by atoms with Gasteiger partial charge < -0.3 is 15.5 Å². The second kappa shape index (κ2) is 9.78. The number of hydrogen-bond donors (Lipinski definition) is 2. The summed E-state index contributed by atoms with van der Waals surface area (Å²) >= 11 is 0. The van der Waals surface area contributed by atoms with Crippen molar-refractivity contribution in [3.8, 4) is 0 Å². The van der Waals surface area contributed by atoms with Gasteiger partial charge in [0.25, 0.3) is 0 Å². The van der Waals surface area contributed by atoms with Gasteiger partial charge in [-0.2, -0.15) is 0 Å². The van der Waals surface area contributed by atoms with E-state index >= 15 is 0 Å². The summed E-state index contributed by atoms with van der Waals surface area (Å²) in [6.45, 7) is 14.3. The lowest BCUT2D eigenvalue weighted by atomic mass is 9.89. The Labute approximate surface area is 142 Å². The predicted octanol–water partition coefficient (Wildman–Crippen LogP) is 2.77. The molecule has 1 aliphatic heterocycles. The maximum atomic E-state index is 12.0. The molecule has 134 valence electrons. The highest BCUT2D eigenvalue weighted by molar-refractivity contribution is 5.81. The van der Waals surface area contributed by atoms with Gasteiger partial charge in [0.2, 0.25) is 5.91 Å². The van der Waals surface area contributed by atoms with Crippen LogP contribution in [0.25, 0.3) is 0 Å². The number of hydrogen-bond acceptors (Lipinski definition) is 2. The SMILES string of the molecule is CCNC(=NCCC(=O)N1CCCC1)NC(C)CCC(C)(C)C. The lowest BCUT2D eigenvalue weighted by Crippen LogP contribution is -2.42. The van der Waals surface area contributed by atoms with Crippen LogP contribution in [0.5, 0.6) is 0 Å².